The van der Waals surface area contributed by atoms with E-state index in [2.05, 4.69) is 0 Å². The van der Waals surface area contributed by atoms with Gasteiger partial charge in [0.2, 0.25) is 5.91 Å². The van der Waals surface area contributed by atoms with E-state index in [1.165, 1.54) is 0 Å². The standard InChI is InChI=1S/C16H22N2O3/c1-2-11(9-17)7-15(19)18-10-13(16(20)21)8-12-5-3-4-6-14(12)18/h3-6,11,13H,2,7-10,17H2,1H3,(H,20,21). The fourth-order valence-corrected chi connectivity index (χ4v) is 2.75. The van der Waals surface area contributed by atoms with Gasteiger partial charge in [-0.1, -0.05) is 31.5 Å². The Labute approximate surface area is 124 Å². The van der Waals surface area contributed by atoms with Gasteiger partial charge in [0, 0.05) is 18.7 Å². The van der Waals surface area contributed by atoms with Crippen molar-refractivity contribution in [3.8, 4) is 0 Å². The molecule has 2 atom stereocenters. The summed E-state index contributed by atoms with van der Waals surface area (Å²) in [4.78, 5) is 25.5. The highest BCUT2D eigenvalue weighted by Gasteiger charge is 2.32. The molecule has 1 aromatic rings. The van der Waals surface area contributed by atoms with Crippen LogP contribution < -0.4 is 10.6 Å². The van der Waals surface area contributed by atoms with Gasteiger partial charge in [-0.3, -0.25) is 9.59 Å². The molecule has 0 spiro atoms. The lowest BCUT2D eigenvalue weighted by Crippen LogP contribution is -2.43. The molecule has 1 aromatic carbocycles. The second-order valence-corrected chi connectivity index (χ2v) is 5.59. The number of aliphatic carboxylic acids is 1. The van der Waals surface area contributed by atoms with E-state index in [0.717, 1.165) is 17.7 Å². The topological polar surface area (TPSA) is 83.6 Å². The number of amides is 1. The van der Waals surface area contributed by atoms with Crippen LogP contribution in [0.3, 0.4) is 0 Å². The van der Waals surface area contributed by atoms with Gasteiger partial charge in [-0.15, -0.1) is 0 Å². The van der Waals surface area contributed by atoms with E-state index in [0.29, 0.717) is 19.4 Å². The maximum Gasteiger partial charge on any atom is 0.308 e. The van der Waals surface area contributed by atoms with E-state index in [1.807, 2.05) is 31.2 Å². The predicted molar refractivity (Wildman–Crippen MR) is 81.1 cm³/mol. The quantitative estimate of drug-likeness (QED) is 0.863. The van der Waals surface area contributed by atoms with Gasteiger partial charge in [0.25, 0.3) is 0 Å². The Balaban J connectivity index is 2.24. The summed E-state index contributed by atoms with van der Waals surface area (Å²) in [6.45, 7) is 2.72. The van der Waals surface area contributed by atoms with Crippen LogP contribution in [0.4, 0.5) is 5.69 Å². The van der Waals surface area contributed by atoms with Crippen molar-refractivity contribution in [3.63, 3.8) is 0 Å². The van der Waals surface area contributed by atoms with Gasteiger partial charge in [-0.25, -0.2) is 0 Å². The Kier molecular flexibility index (Phi) is 4.96. The van der Waals surface area contributed by atoms with Crippen molar-refractivity contribution in [3.05, 3.63) is 29.8 Å². The van der Waals surface area contributed by atoms with E-state index >= 15 is 0 Å². The molecule has 1 heterocycles. The third kappa shape index (κ3) is 3.42. The van der Waals surface area contributed by atoms with Crippen LogP contribution in [0.2, 0.25) is 0 Å². The number of benzene rings is 1. The number of carboxylic acid groups (broad SMARTS) is 1. The van der Waals surface area contributed by atoms with Crippen molar-refractivity contribution in [2.45, 2.75) is 26.2 Å². The maximum atomic E-state index is 12.5. The summed E-state index contributed by atoms with van der Waals surface area (Å²) >= 11 is 0. The first kappa shape index (κ1) is 15.5. The smallest absolute Gasteiger partial charge is 0.308 e. The number of hydrogen-bond donors (Lipinski definition) is 2. The van der Waals surface area contributed by atoms with Gasteiger partial charge in [0.15, 0.2) is 0 Å². The molecule has 0 saturated carbocycles. The molecule has 0 saturated heterocycles. The molecule has 0 radical (unpaired) electrons. The van der Waals surface area contributed by atoms with Gasteiger partial charge < -0.3 is 15.7 Å². The fraction of sp³-hybridized carbons (Fsp3) is 0.500. The SMILES string of the molecule is CCC(CN)CC(=O)N1CC(C(=O)O)Cc2ccccc21. The van der Waals surface area contributed by atoms with Crippen molar-refractivity contribution in [2.24, 2.45) is 17.6 Å². The molecule has 1 amide bonds. The number of para-hydroxylation sites is 1. The van der Waals surface area contributed by atoms with E-state index in [4.69, 9.17) is 5.73 Å². The van der Waals surface area contributed by atoms with Gasteiger partial charge >= 0.3 is 5.97 Å². The number of nitrogens with zero attached hydrogens (tertiary/aromatic N) is 1. The summed E-state index contributed by atoms with van der Waals surface area (Å²) in [7, 11) is 0. The van der Waals surface area contributed by atoms with Gasteiger partial charge in [-0.2, -0.15) is 0 Å². The molecule has 3 N–H and O–H groups in total. The Morgan fingerprint density at radius 3 is 2.76 bits per heavy atom. The van der Waals surface area contributed by atoms with Crippen LogP contribution in [0.1, 0.15) is 25.3 Å². The van der Waals surface area contributed by atoms with Crippen LogP contribution in [-0.2, 0) is 16.0 Å². The summed E-state index contributed by atoms with van der Waals surface area (Å²) in [5.41, 5.74) is 7.43. The van der Waals surface area contributed by atoms with Crippen molar-refractivity contribution in [2.75, 3.05) is 18.0 Å². The summed E-state index contributed by atoms with van der Waals surface area (Å²) in [6, 6.07) is 7.53. The average Bonchev–Trinajstić information content (AvgIpc) is 2.51. The van der Waals surface area contributed by atoms with Crippen LogP contribution in [0.25, 0.3) is 0 Å². The number of hydrogen-bond acceptors (Lipinski definition) is 3. The zero-order valence-electron chi connectivity index (χ0n) is 12.3. The summed E-state index contributed by atoms with van der Waals surface area (Å²) < 4.78 is 0. The maximum absolute atomic E-state index is 12.5. The van der Waals surface area contributed by atoms with Crippen molar-refractivity contribution < 1.29 is 14.7 Å². The highest BCUT2D eigenvalue weighted by Crippen LogP contribution is 2.30. The molecular formula is C16H22N2O3. The molecule has 2 unspecified atom stereocenters. The van der Waals surface area contributed by atoms with Crippen LogP contribution in [0.5, 0.6) is 0 Å². The van der Waals surface area contributed by atoms with Gasteiger partial charge in [0.05, 0.1) is 5.92 Å². The first-order valence-corrected chi connectivity index (χ1v) is 7.38. The molecule has 1 aliphatic rings. The molecular weight excluding hydrogens is 268 g/mol. The van der Waals surface area contributed by atoms with E-state index < -0.39 is 11.9 Å². The Morgan fingerprint density at radius 2 is 2.14 bits per heavy atom. The Bertz CT molecular complexity index is 526. The minimum atomic E-state index is -0.854. The molecule has 5 nitrogen and oxygen atoms in total. The molecule has 0 aliphatic carbocycles. The third-order valence-corrected chi connectivity index (χ3v) is 4.18. The lowest BCUT2D eigenvalue weighted by molar-refractivity contribution is -0.141. The number of nitrogens with two attached hydrogens (primary N) is 1. The summed E-state index contributed by atoms with van der Waals surface area (Å²) in [5.74, 6) is -1.28. The average molecular weight is 290 g/mol. The highest BCUT2D eigenvalue weighted by molar-refractivity contribution is 5.95. The molecule has 0 fully saturated rings. The molecule has 5 heteroatoms. The van der Waals surface area contributed by atoms with Crippen molar-refractivity contribution in [1.82, 2.24) is 0 Å². The molecule has 0 bridgehead atoms. The predicted octanol–water partition coefficient (Wildman–Crippen LogP) is 1.65. The monoisotopic (exact) mass is 290 g/mol. The number of carbonyl (C=O) groups is 2. The molecule has 1 aliphatic heterocycles. The summed E-state index contributed by atoms with van der Waals surface area (Å²) in [6.07, 6.45) is 1.69. The number of rotatable bonds is 5. The van der Waals surface area contributed by atoms with Crippen LogP contribution in [0, 0.1) is 11.8 Å². The number of fused-ring (bicyclic) bond motifs is 1. The van der Waals surface area contributed by atoms with Crippen LogP contribution in [0.15, 0.2) is 24.3 Å². The first-order chi connectivity index (χ1) is 10.1. The third-order valence-electron chi connectivity index (χ3n) is 4.18. The molecule has 2 rings (SSSR count). The zero-order chi connectivity index (χ0) is 15.4. The zero-order valence-corrected chi connectivity index (χ0v) is 12.3. The second kappa shape index (κ2) is 6.72. The minimum Gasteiger partial charge on any atom is -0.481 e. The minimum absolute atomic E-state index is 0.0364. The summed E-state index contributed by atoms with van der Waals surface area (Å²) in [5, 5.41) is 9.28. The number of anilines is 1. The second-order valence-electron chi connectivity index (χ2n) is 5.59. The lowest BCUT2D eigenvalue weighted by Gasteiger charge is -2.33. The van der Waals surface area contributed by atoms with Gasteiger partial charge in [-0.05, 0) is 30.5 Å². The fourth-order valence-electron chi connectivity index (χ4n) is 2.75. The largest absolute Gasteiger partial charge is 0.481 e. The van der Waals surface area contributed by atoms with Crippen LogP contribution >= 0.6 is 0 Å². The Hall–Kier alpha value is -1.88. The normalized spacial score (nSPS) is 19.0. The van der Waals surface area contributed by atoms with Gasteiger partial charge in [0.1, 0.15) is 0 Å². The van der Waals surface area contributed by atoms with Crippen molar-refractivity contribution in [1.29, 1.82) is 0 Å². The number of carbonyl (C=O) groups excluding carboxylic acids is 1. The molecule has 21 heavy (non-hydrogen) atoms. The van der Waals surface area contributed by atoms with E-state index in [1.54, 1.807) is 4.90 Å². The highest BCUT2D eigenvalue weighted by atomic mass is 16.4. The van der Waals surface area contributed by atoms with Crippen LogP contribution in [-0.4, -0.2) is 30.1 Å². The lowest BCUT2D eigenvalue weighted by atomic mass is 9.91. The first-order valence-electron chi connectivity index (χ1n) is 7.38. The van der Waals surface area contributed by atoms with E-state index in [9.17, 15) is 14.7 Å². The van der Waals surface area contributed by atoms with Crippen molar-refractivity contribution >= 4 is 17.6 Å². The molecule has 0 aromatic heterocycles. The Morgan fingerprint density at radius 1 is 1.43 bits per heavy atom. The molecule has 114 valence electrons. The van der Waals surface area contributed by atoms with E-state index in [-0.39, 0.29) is 18.4 Å². The number of carboxylic acids is 1.